The topological polar surface area (TPSA) is 84.2 Å². The molecule has 1 fully saturated rings. The quantitative estimate of drug-likeness (QED) is 0.676. The van der Waals surface area contributed by atoms with Crippen molar-refractivity contribution in [2.24, 2.45) is 11.7 Å². The zero-order valence-corrected chi connectivity index (χ0v) is 16.2. The van der Waals surface area contributed by atoms with Crippen molar-refractivity contribution in [3.05, 3.63) is 33.8 Å². The molecule has 1 atom stereocenters. The summed E-state index contributed by atoms with van der Waals surface area (Å²) in [6, 6.07) is 4.56. The molecule has 0 radical (unpaired) electrons. The first-order valence-electron chi connectivity index (χ1n) is 8.24. The van der Waals surface area contributed by atoms with Crippen molar-refractivity contribution in [3.8, 4) is 0 Å². The fraction of sp³-hybridized carbons (Fsp3) is 0.529. The van der Waals surface area contributed by atoms with Gasteiger partial charge in [-0.15, -0.1) is 12.4 Å². The summed E-state index contributed by atoms with van der Waals surface area (Å²) in [5.74, 6) is -0.173. The lowest BCUT2D eigenvalue weighted by Gasteiger charge is -2.30. The molecule has 1 aromatic carbocycles. The van der Waals surface area contributed by atoms with Crippen LogP contribution in [0.2, 0.25) is 10.0 Å². The van der Waals surface area contributed by atoms with Crippen molar-refractivity contribution in [2.75, 3.05) is 13.1 Å². The van der Waals surface area contributed by atoms with Gasteiger partial charge in [0.15, 0.2) is 0 Å². The monoisotopic (exact) mass is 407 g/mol. The predicted molar refractivity (Wildman–Crippen MR) is 104 cm³/mol. The van der Waals surface area contributed by atoms with Crippen LogP contribution in [0.4, 0.5) is 0 Å². The Hall–Kier alpha value is -1.01. The van der Waals surface area contributed by atoms with Gasteiger partial charge in [-0.3, -0.25) is 9.59 Å². The van der Waals surface area contributed by atoms with Crippen molar-refractivity contribution in [1.29, 1.82) is 0 Å². The fourth-order valence-electron chi connectivity index (χ4n) is 3.06. The molecule has 1 aromatic rings. The van der Waals surface area contributed by atoms with Crippen LogP contribution in [-0.2, 0) is 4.79 Å². The summed E-state index contributed by atoms with van der Waals surface area (Å²) in [4.78, 5) is 24.1. The van der Waals surface area contributed by atoms with E-state index in [4.69, 9.17) is 28.9 Å². The lowest BCUT2D eigenvalue weighted by atomic mass is 9.84. The maximum atomic E-state index is 12.1. The normalized spacial score (nSPS) is 15.8. The molecule has 1 unspecified atom stereocenters. The van der Waals surface area contributed by atoms with E-state index in [9.17, 15) is 9.59 Å². The van der Waals surface area contributed by atoms with Gasteiger partial charge in [0, 0.05) is 18.2 Å². The van der Waals surface area contributed by atoms with E-state index in [1.165, 1.54) is 25.3 Å². The second-order valence-electron chi connectivity index (χ2n) is 6.12. The van der Waals surface area contributed by atoms with Crippen molar-refractivity contribution < 1.29 is 9.59 Å². The molecule has 8 heteroatoms. The minimum Gasteiger partial charge on any atom is -0.350 e. The highest BCUT2D eigenvalue weighted by molar-refractivity contribution is 6.42. The van der Waals surface area contributed by atoms with Crippen LogP contribution in [0.5, 0.6) is 0 Å². The zero-order chi connectivity index (χ0) is 17.5. The van der Waals surface area contributed by atoms with Crippen LogP contribution in [0, 0.1) is 5.92 Å². The number of amides is 2. The molecular formula is C17H24Cl3N3O2. The smallest absolute Gasteiger partial charge is 0.251 e. The molecule has 1 aliphatic rings. The average molecular weight is 409 g/mol. The van der Waals surface area contributed by atoms with Gasteiger partial charge in [0.2, 0.25) is 5.91 Å². The van der Waals surface area contributed by atoms with Crippen LogP contribution in [0.25, 0.3) is 0 Å². The van der Waals surface area contributed by atoms with E-state index in [1.54, 1.807) is 12.1 Å². The number of nitrogens with one attached hydrogen (secondary N) is 2. The third-order valence-corrected chi connectivity index (χ3v) is 5.15. The van der Waals surface area contributed by atoms with Crippen molar-refractivity contribution in [1.82, 2.24) is 10.6 Å². The number of halogens is 3. The van der Waals surface area contributed by atoms with Gasteiger partial charge in [-0.25, -0.2) is 0 Å². The summed E-state index contributed by atoms with van der Waals surface area (Å²) in [7, 11) is 0. The Morgan fingerprint density at radius 3 is 2.44 bits per heavy atom. The molecular weight excluding hydrogens is 385 g/mol. The fourth-order valence-corrected chi connectivity index (χ4v) is 3.36. The van der Waals surface area contributed by atoms with Crippen LogP contribution in [-0.4, -0.2) is 30.9 Å². The molecule has 4 N–H and O–H groups in total. The molecule has 0 aromatic heterocycles. The summed E-state index contributed by atoms with van der Waals surface area (Å²) in [6.07, 6.45) is 5.81. The van der Waals surface area contributed by atoms with Gasteiger partial charge in [-0.2, -0.15) is 0 Å². The molecule has 0 heterocycles. The van der Waals surface area contributed by atoms with Crippen molar-refractivity contribution in [2.45, 2.75) is 38.1 Å². The Labute approximate surface area is 164 Å². The number of hydrogen-bond donors (Lipinski definition) is 3. The molecule has 0 saturated heterocycles. The Bertz CT molecular complexity index is 593. The van der Waals surface area contributed by atoms with E-state index in [0.29, 0.717) is 28.1 Å². The average Bonchev–Trinajstić information content (AvgIpc) is 2.60. The Kier molecular flexibility index (Phi) is 9.57. The van der Waals surface area contributed by atoms with Crippen LogP contribution in [0.15, 0.2) is 18.2 Å². The van der Waals surface area contributed by atoms with E-state index in [-0.39, 0.29) is 36.8 Å². The van der Waals surface area contributed by atoms with E-state index in [0.717, 1.165) is 12.8 Å². The molecule has 0 aliphatic heterocycles. The summed E-state index contributed by atoms with van der Waals surface area (Å²) < 4.78 is 0. The number of carbonyl (C=O) groups is 2. The first-order valence-corrected chi connectivity index (χ1v) is 8.99. The van der Waals surface area contributed by atoms with Crippen LogP contribution in [0.3, 0.4) is 0 Å². The Morgan fingerprint density at radius 1 is 1.16 bits per heavy atom. The van der Waals surface area contributed by atoms with Gasteiger partial charge < -0.3 is 16.4 Å². The van der Waals surface area contributed by atoms with E-state index in [2.05, 4.69) is 10.6 Å². The van der Waals surface area contributed by atoms with Gasteiger partial charge in [0.25, 0.3) is 5.91 Å². The van der Waals surface area contributed by atoms with Gasteiger partial charge >= 0.3 is 0 Å². The molecule has 140 valence electrons. The van der Waals surface area contributed by atoms with Crippen LogP contribution >= 0.6 is 35.6 Å². The second kappa shape index (κ2) is 10.9. The first kappa shape index (κ1) is 22.0. The number of benzene rings is 1. The minimum atomic E-state index is -0.370. The molecule has 1 aliphatic carbocycles. The lowest BCUT2D eigenvalue weighted by molar-refractivity contribution is -0.121. The summed E-state index contributed by atoms with van der Waals surface area (Å²) >= 11 is 11.7. The van der Waals surface area contributed by atoms with Gasteiger partial charge in [-0.1, -0.05) is 42.5 Å². The van der Waals surface area contributed by atoms with E-state index >= 15 is 0 Å². The van der Waals surface area contributed by atoms with Gasteiger partial charge in [0.05, 0.1) is 16.6 Å². The maximum Gasteiger partial charge on any atom is 0.251 e. The lowest BCUT2D eigenvalue weighted by Crippen LogP contribution is -2.49. The molecule has 5 nitrogen and oxygen atoms in total. The molecule has 2 rings (SSSR count). The van der Waals surface area contributed by atoms with Gasteiger partial charge in [0.1, 0.15) is 0 Å². The number of rotatable bonds is 6. The van der Waals surface area contributed by atoms with Crippen molar-refractivity contribution in [3.63, 3.8) is 0 Å². The number of carbonyl (C=O) groups excluding carboxylic acids is 2. The number of nitrogens with two attached hydrogens (primary N) is 1. The third-order valence-electron chi connectivity index (χ3n) is 4.41. The van der Waals surface area contributed by atoms with Crippen LogP contribution in [0.1, 0.15) is 42.5 Å². The highest BCUT2D eigenvalue weighted by atomic mass is 35.5. The summed E-state index contributed by atoms with van der Waals surface area (Å²) in [5.41, 5.74) is 6.16. The Balaban J connectivity index is 0.00000312. The first-order chi connectivity index (χ1) is 11.5. The number of hydrogen-bond acceptors (Lipinski definition) is 3. The Morgan fingerprint density at radius 2 is 1.84 bits per heavy atom. The standard InChI is InChI=1S/C17H23Cl2N3O2.ClH/c18-13-7-6-12(8-14(13)19)17(24)21-10-16(23)22-15(9-20)11-4-2-1-3-5-11;/h6-8,11,15H,1-5,9-10,20H2,(H,21,24)(H,22,23);1H. The predicted octanol–water partition coefficient (Wildman–Crippen LogP) is 3.17. The SMILES string of the molecule is Cl.NCC(NC(=O)CNC(=O)c1ccc(Cl)c(Cl)c1)C1CCCCC1. The molecule has 25 heavy (non-hydrogen) atoms. The van der Waals surface area contributed by atoms with E-state index in [1.807, 2.05) is 0 Å². The van der Waals surface area contributed by atoms with E-state index < -0.39 is 0 Å². The summed E-state index contributed by atoms with van der Waals surface area (Å²) in [6.45, 7) is 0.319. The molecule has 2 amide bonds. The zero-order valence-electron chi connectivity index (χ0n) is 13.9. The maximum absolute atomic E-state index is 12.1. The molecule has 1 saturated carbocycles. The minimum absolute atomic E-state index is 0. The van der Waals surface area contributed by atoms with Crippen LogP contribution < -0.4 is 16.4 Å². The molecule has 0 bridgehead atoms. The largest absolute Gasteiger partial charge is 0.350 e. The highest BCUT2D eigenvalue weighted by Crippen LogP contribution is 2.26. The third kappa shape index (κ3) is 6.66. The molecule has 0 spiro atoms. The summed E-state index contributed by atoms with van der Waals surface area (Å²) in [5, 5.41) is 6.20. The van der Waals surface area contributed by atoms with Crippen molar-refractivity contribution >= 4 is 47.4 Å². The second-order valence-corrected chi connectivity index (χ2v) is 6.93. The van der Waals surface area contributed by atoms with Gasteiger partial charge in [-0.05, 0) is 37.0 Å². The highest BCUT2D eigenvalue weighted by Gasteiger charge is 2.24.